The van der Waals surface area contributed by atoms with Crippen molar-refractivity contribution < 1.29 is 22.7 Å². The second-order valence-corrected chi connectivity index (χ2v) is 10.4. The van der Waals surface area contributed by atoms with Gasteiger partial charge in [-0.25, -0.2) is 0 Å². The highest BCUT2D eigenvalue weighted by molar-refractivity contribution is 7.14. The van der Waals surface area contributed by atoms with Gasteiger partial charge in [0, 0.05) is 49.2 Å². The number of likely N-dealkylation sites (tertiary alicyclic amines) is 1. The van der Waals surface area contributed by atoms with Gasteiger partial charge in [0.1, 0.15) is 0 Å². The minimum Gasteiger partial charge on any atom is -0.381 e. The first-order chi connectivity index (χ1) is 14.8. The normalized spacial score (nSPS) is 26.2. The van der Waals surface area contributed by atoms with Crippen LogP contribution in [-0.2, 0) is 4.74 Å². The maximum absolute atomic E-state index is 12.7. The van der Waals surface area contributed by atoms with Crippen LogP contribution in [0.15, 0.2) is 6.07 Å². The molecule has 2 saturated heterocycles. The number of thiophene rings is 1. The van der Waals surface area contributed by atoms with Crippen LogP contribution in [0.3, 0.4) is 0 Å². The molecule has 0 bridgehead atoms. The predicted octanol–water partition coefficient (Wildman–Crippen LogP) is 3.69. The summed E-state index contributed by atoms with van der Waals surface area (Å²) in [5.74, 6) is 1.08. The number of rotatable bonds is 7. The van der Waals surface area contributed by atoms with Gasteiger partial charge in [0.05, 0.1) is 11.4 Å². The molecule has 1 aromatic heterocycles. The number of nitrogens with one attached hydrogen (secondary N) is 2. The Morgan fingerprint density at radius 3 is 2.61 bits per heavy atom. The average molecular weight is 460 g/mol. The van der Waals surface area contributed by atoms with Crippen LogP contribution in [0.25, 0.3) is 0 Å². The van der Waals surface area contributed by atoms with Gasteiger partial charge in [-0.3, -0.25) is 9.69 Å². The molecule has 3 aliphatic rings. The van der Waals surface area contributed by atoms with Crippen LogP contribution in [0.1, 0.15) is 58.1 Å². The summed E-state index contributed by atoms with van der Waals surface area (Å²) >= 11 is 1.52. The lowest BCUT2D eigenvalue weighted by Gasteiger charge is -2.32. The molecule has 1 aliphatic carbocycles. The van der Waals surface area contributed by atoms with Crippen molar-refractivity contribution in [3.63, 3.8) is 0 Å². The Labute approximate surface area is 185 Å². The molecule has 4 rings (SSSR count). The number of halogens is 3. The van der Waals surface area contributed by atoms with Gasteiger partial charge in [-0.15, -0.1) is 11.3 Å². The van der Waals surface area contributed by atoms with Crippen molar-refractivity contribution in [2.24, 2.45) is 5.92 Å². The molecule has 0 spiro atoms. The number of nitrogens with zero attached hydrogens (tertiary/aromatic N) is 1. The van der Waals surface area contributed by atoms with Crippen LogP contribution in [0, 0.1) is 12.8 Å². The third kappa shape index (κ3) is 6.43. The molecule has 0 radical (unpaired) electrons. The lowest BCUT2D eigenvalue weighted by molar-refractivity contribution is -0.148. The number of carbonyl (C=O) groups excluding carboxylic acids is 1. The molecule has 174 valence electrons. The highest BCUT2D eigenvalue weighted by Gasteiger charge is 2.40. The number of ether oxygens (including phenoxy) is 1. The maximum atomic E-state index is 12.7. The van der Waals surface area contributed by atoms with Crippen molar-refractivity contribution >= 4 is 17.2 Å². The fourth-order valence-corrected chi connectivity index (χ4v) is 5.75. The van der Waals surface area contributed by atoms with E-state index < -0.39 is 12.7 Å². The van der Waals surface area contributed by atoms with Gasteiger partial charge in [0.25, 0.3) is 5.91 Å². The quantitative estimate of drug-likeness (QED) is 0.653. The van der Waals surface area contributed by atoms with Crippen LogP contribution < -0.4 is 10.6 Å². The molecule has 3 heterocycles. The largest absolute Gasteiger partial charge is 0.401 e. The van der Waals surface area contributed by atoms with E-state index in [4.69, 9.17) is 4.74 Å². The topological polar surface area (TPSA) is 53.6 Å². The molecule has 2 aliphatic heterocycles. The molecular formula is C22H32F3N3O2S. The Hall–Kier alpha value is -1.16. The third-order valence-corrected chi connectivity index (χ3v) is 7.77. The van der Waals surface area contributed by atoms with E-state index >= 15 is 0 Å². The van der Waals surface area contributed by atoms with Crippen LogP contribution in [0.2, 0.25) is 0 Å². The van der Waals surface area contributed by atoms with Gasteiger partial charge in [0.15, 0.2) is 0 Å². The minimum absolute atomic E-state index is 0.0577. The first kappa shape index (κ1) is 23.0. The van der Waals surface area contributed by atoms with E-state index in [0.717, 1.165) is 39.0 Å². The highest BCUT2D eigenvalue weighted by Crippen LogP contribution is 2.44. The first-order valence-electron chi connectivity index (χ1n) is 11.3. The van der Waals surface area contributed by atoms with E-state index in [1.54, 1.807) is 0 Å². The van der Waals surface area contributed by atoms with Gasteiger partial charge < -0.3 is 15.4 Å². The summed E-state index contributed by atoms with van der Waals surface area (Å²) in [6.07, 6.45) is 0.309. The molecule has 2 atom stereocenters. The summed E-state index contributed by atoms with van der Waals surface area (Å²) in [5.41, 5.74) is 1.26. The molecule has 1 saturated carbocycles. The van der Waals surface area contributed by atoms with Crippen molar-refractivity contribution in [3.8, 4) is 0 Å². The lowest BCUT2D eigenvalue weighted by Crippen LogP contribution is -2.46. The zero-order valence-corrected chi connectivity index (χ0v) is 18.8. The number of piperidine rings is 1. The van der Waals surface area contributed by atoms with E-state index in [2.05, 4.69) is 17.6 Å². The summed E-state index contributed by atoms with van der Waals surface area (Å²) in [6.45, 7) is 4.69. The van der Waals surface area contributed by atoms with Gasteiger partial charge in [0.2, 0.25) is 0 Å². The second kappa shape index (κ2) is 9.77. The highest BCUT2D eigenvalue weighted by atomic mass is 32.1. The number of hydrogen-bond acceptors (Lipinski definition) is 5. The van der Waals surface area contributed by atoms with Crippen LogP contribution in [0.5, 0.6) is 0 Å². The fourth-order valence-electron chi connectivity index (χ4n) is 4.75. The minimum atomic E-state index is -4.17. The van der Waals surface area contributed by atoms with Crippen molar-refractivity contribution in [3.05, 3.63) is 21.4 Å². The van der Waals surface area contributed by atoms with E-state index in [9.17, 15) is 18.0 Å². The first-order valence-corrected chi connectivity index (χ1v) is 12.1. The summed E-state index contributed by atoms with van der Waals surface area (Å²) in [7, 11) is 0. The van der Waals surface area contributed by atoms with E-state index in [1.165, 1.54) is 26.7 Å². The van der Waals surface area contributed by atoms with Gasteiger partial charge in [-0.05, 0) is 63.1 Å². The molecule has 9 heteroatoms. The van der Waals surface area contributed by atoms with Crippen molar-refractivity contribution in [1.82, 2.24) is 15.5 Å². The lowest BCUT2D eigenvalue weighted by atomic mass is 10.0. The molecule has 1 aromatic rings. The molecule has 5 nitrogen and oxygen atoms in total. The Balaban J connectivity index is 1.23. The molecular weight excluding hydrogens is 427 g/mol. The zero-order chi connectivity index (χ0) is 22.0. The van der Waals surface area contributed by atoms with Gasteiger partial charge >= 0.3 is 6.18 Å². The predicted molar refractivity (Wildman–Crippen MR) is 115 cm³/mol. The molecule has 2 N–H and O–H groups in total. The van der Waals surface area contributed by atoms with E-state index in [0.29, 0.717) is 48.7 Å². The molecule has 1 amide bonds. The van der Waals surface area contributed by atoms with E-state index in [-0.39, 0.29) is 11.9 Å². The van der Waals surface area contributed by atoms with Crippen molar-refractivity contribution in [2.75, 3.05) is 39.4 Å². The van der Waals surface area contributed by atoms with Crippen LogP contribution in [-0.4, -0.2) is 68.5 Å². The number of aryl methyl sites for hydroxylation is 1. The van der Waals surface area contributed by atoms with Crippen molar-refractivity contribution in [1.29, 1.82) is 0 Å². The summed E-state index contributed by atoms with van der Waals surface area (Å²) < 4.78 is 43.0. The maximum Gasteiger partial charge on any atom is 0.401 e. The van der Waals surface area contributed by atoms with Crippen molar-refractivity contribution in [2.45, 2.75) is 63.2 Å². The monoisotopic (exact) mass is 459 g/mol. The number of hydrogen-bond donors (Lipinski definition) is 2. The summed E-state index contributed by atoms with van der Waals surface area (Å²) in [4.78, 5) is 16.0. The standard InChI is InChI=1S/C22H32F3N3O2S/c1-14-17(18-10-19(18)26-12-15-4-8-30-9-5-15)11-20(31-14)21(29)27-16-2-6-28(7-3-16)13-22(23,24)25/h11,15-16,18-19,26H,2-10,12-13H2,1H3,(H,27,29). The number of amides is 1. The van der Waals surface area contributed by atoms with E-state index in [1.807, 2.05) is 6.07 Å². The van der Waals surface area contributed by atoms with Gasteiger partial charge in [-0.2, -0.15) is 13.2 Å². The Kier molecular flexibility index (Phi) is 7.25. The molecule has 3 fully saturated rings. The average Bonchev–Trinajstić information content (AvgIpc) is 3.39. The van der Waals surface area contributed by atoms with Gasteiger partial charge in [-0.1, -0.05) is 0 Å². The molecule has 2 unspecified atom stereocenters. The Morgan fingerprint density at radius 1 is 1.23 bits per heavy atom. The second-order valence-electron chi connectivity index (χ2n) is 9.17. The Bertz CT molecular complexity index is 756. The van der Waals surface area contributed by atoms with Crippen LogP contribution in [0.4, 0.5) is 13.2 Å². The third-order valence-electron chi connectivity index (χ3n) is 6.71. The smallest absolute Gasteiger partial charge is 0.381 e. The molecule has 31 heavy (non-hydrogen) atoms. The molecule has 0 aromatic carbocycles. The number of carbonyl (C=O) groups is 1. The zero-order valence-electron chi connectivity index (χ0n) is 18.0. The Morgan fingerprint density at radius 2 is 1.94 bits per heavy atom. The fraction of sp³-hybridized carbons (Fsp3) is 0.773. The summed E-state index contributed by atoms with van der Waals surface area (Å²) in [5, 5.41) is 6.72. The number of alkyl halides is 3. The summed E-state index contributed by atoms with van der Waals surface area (Å²) in [6, 6.07) is 2.46. The SMILES string of the molecule is Cc1sc(C(=O)NC2CCN(CC(F)(F)F)CC2)cc1C1CC1NCC1CCOCC1. The van der Waals surface area contributed by atoms with Crippen LogP contribution >= 0.6 is 11.3 Å².